The Labute approximate surface area is 215 Å². The van der Waals surface area contributed by atoms with Gasteiger partial charge in [-0.1, -0.05) is 31.2 Å². The van der Waals surface area contributed by atoms with Crippen molar-refractivity contribution in [1.82, 2.24) is 14.5 Å². The number of hydrogen-bond donors (Lipinski definition) is 1. The summed E-state index contributed by atoms with van der Waals surface area (Å²) in [6.45, 7) is 7.38. The Kier molecular flexibility index (Phi) is 10.3. The summed E-state index contributed by atoms with van der Waals surface area (Å²) >= 11 is 0. The number of methoxy groups -OCH3 is 1. The first-order chi connectivity index (χ1) is 17.0. The Balaban J connectivity index is 2.56. The number of anilines is 1. The second-order valence-electron chi connectivity index (χ2n) is 8.78. The smallest absolute Gasteiger partial charge is 0.304 e. The van der Waals surface area contributed by atoms with Crippen LogP contribution >= 0.6 is 0 Å². The molecule has 1 N–H and O–H groups in total. The fourth-order valence-corrected chi connectivity index (χ4v) is 4.98. The lowest BCUT2D eigenvalue weighted by Gasteiger charge is -2.34. The predicted molar refractivity (Wildman–Crippen MR) is 142 cm³/mol. The standard InChI is InChI=1S/C26H38N4O5S/c1-8-23(26(32)27-9-2)29(17-21-11-10-12-22(16-21)35-7)25(31)18-30(36(33,34)28(5)6)24-15-19(3)13-14-20(24)4/h10-16,23H,8-9,17-18H2,1-7H3,(H,27,32)/t23-/m1/s1. The van der Waals surface area contributed by atoms with Gasteiger partial charge in [0.2, 0.25) is 11.8 Å². The van der Waals surface area contributed by atoms with Crippen molar-refractivity contribution in [3.8, 4) is 5.75 Å². The molecule has 10 heteroatoms. The van der Waals surface area contributed by atoms with Crippen molar-refractivity contribution in [1.29, 1.82) is 0 Å². The summed E-state index contributed by atoms with van der Waals surface area (Å²) in [6, 6.07) is 11.9. The van der Waals surface area contributed by atoms with Gasteiger partial charge in [0.25, 0.3) is 0 Å². The average molecular weight is 519 g/mol. The molecular weight excluding hydrogens is 480 g/mol. The Bertz CT molecular complexity index is 1170. The normalized spacial score (nSPS) is 12.2. The van der Waals surface area contributed by atoms with E-state index in [1.165, 1.54) is 19.0 Å². The molecule has 2 rings (SSSR count). The minimum absolute atomic E-state index is 0.119. The van der Waals surface area contributed by atoms with E-state index in [2.05, 4.69) is 5.32 Å². The molecule has 0 aliphatic rings. The topological polar surface area (TPSA) is 99.3 Å². The number of carbonyl (C=O) groups is 2. The van der Waals surface area contributed by atoms with Gasteiger partial charge >= 0.3 is 10.2 Å². The zero-order chi connectivity index (χ0) is 27.0. The summed E-state index contributed by atoms with van der Waals surface area (Å²) in [5, 5.41) is 2.79. The van der Waals surface area contributed by atoms with Gasteiger partial charge in [-0.2, -0.15) is 12.7 Å². The number of ether oxygens (including phenoxy) is 1. The molecule has 0 fully saturated rings. The van der Waals surface area contributed by atoms with Crippen molar-refractivity contribution in [3.63, 3.8) is 0 Å². The van der Waals surface area contributed by atoms with Crippen LogP contribution in [0, 0.1) is 13.8 Å². The fraction of sp³-hybridized carbons (Fsp3) is 0.462. The van der Waals surface area contributed by atoms with E-state index in [9.17, 15) is 18.0 Å². The number of rotatable bonds is 12. The summed E-state index contributed by atoms with van der Waals surface area (Å²) in [7, 11) is 0.400. The molecule has 0 unspecified atom stereocenters. The van der Waals surface area contributed by atoms with E-state index in [1.807, 2.05) is 45.0 Å². The van der Waals surface area contributed by atoms with Crippen molar-refractivity contribution >= 4 is 27.7 Å². The summed E-state index contributed by atoms with van der Waals surface area (Å²) in [4.78, 5) is 28.2. The van der Waals surface area contributed by atoms with Gasteiger partial charge in [0.05, 0.1) is 12.8 Å². The third-order valence-electron chi connectivity index (χ3n) is 5.88. The van der Waals surface area contributed by atoms with Crippen LogP contribution in [0.4, 0.5) is 5.69 Å². The van der Waals surface area contributed by atoms with Crippen LogP contribution in [0.5, 0.6) is 5.75 Å². The lowest BCUT2D eigenvalue weighted by Crippen LogP contribution is -2.53. The molecule has 0 bridgehead atoms. The van der Waals surface area contributed by atoms with Gasteiger partial charge in [-0.25, -0.2) is 4.31 Å². The second kappa shape index (κ2) is 12.7. The van der Waals surface area contributed by atoms with Crippen LogP contribution in [0.15, 0.2) is 42.5 Å². The van der Waals surface area contributed by atoms with Gasteiger partial charge < -0.3 is 15.0 Å². The summed E-state index contributed by atoms with van der Waals surface area (Å²) in [5.41, 5.74) is 2.77. The van der Waals surface area contributed by atoms with E-state index in [0.717, 1.165) is 19.7 Å². The van der Waals surface area contributed by atoms with E-state index in [0.29, 0.717) is 30.0 Å². The van der Waals surface area contributed by atoms with Gasteiger partial charge in [0.15, 0.2) is 0 Å². The SMILES string of the molecule is CCNC(=O)[C@@H](CC)N(Cc1cccc(OC)c1)C(=O)CN(c1cc(C)ccc1C)S(=O)(=O)N(C)C. The molecule has 0 saturated heterocycles. The Hall–Kier alpha value is -3.11. The molecule has 0 saturated carbocycles. The van der Waals surface area contributed by atoms with Crippen LogP contribution in [0.25, 0.3) is 0 Å². The third kappa shape index (κ3) is 6.98. The Morgan fingerprint density at radius 3 is 2.33 bits per heavy atom. The van der Waals surface area contributed by atoms with Crippen LogP contribution in [0.1, 0.15) is 37.0 Å². The van der Waals surface area contributed by atoms with E-state index >= 15 is 0 Å². The van der Waals surface area contributed by atoms with Crippen molar-refractivity contribution in [2.24, 2.45) is 0 Å². The first kappa shape index (κ1) is 29.1. The predicted octanol–water partition coefficient (Wildman–Crippen LogP) is 2.87. The van der Waals surface area contributed by atoms with Crippen LogP contribution in [-0.2, 0) is 26.3 Å². The number of benzene rings is 2. The molecule has 9 nitrogen and oxygen atoms in total. The number of amides is 2. The number of hydrogen-bond acceptors (Lipinski definition) is 5. The Morgan fingerprint density at radius 1 is 1.06 bits per heavy atom. The lowest BCUT2D eigenvalue weighted by molar-refractivity contribution is -0.140. The average Bonchev–Trinajstić information content (AvgIpc) is 2.84. The van der Waals surface area contributed by atoms with Gasteiger partial charge in [-0.15, -0.1) is 0 Å². The molecule has 198 valence electrons. The number of aryl methyl sites for hydroxylation is 2. The third-order valence-corrected chi connectivity index (χ3v) is 7.68. The first-order valence-electron chi connectivity index (χ1n) is 11.9. The molecule has 0 aromatic heterocycles. The quantitative estimate of drug-likeness (QED) is 0.466. The highest BCUT2D eigenvalue weighted by atomic mass is 32.2. The lowest BCUT2D eigenvalue weighted by atomic mass is 10.1. The molecule has 0 aliphatic carbocycles. The van der Waals surface area contributed by atoms with Crippen LogP contribution in [0.3, 0.4) is 0 Å². The zero-order valence-electron chi connectivity index (χ0n) is 22.2. The van der Waals surface area contributed by atoms with Gasteiger partial charge in [-0.05, 0) is 62.1 Å². The largest absolute Gasteiger partial charge is 0.497 e. The molecule has 2 aromatic carbocycles. The highest BCUT2D eigenvalue weighted by molar-refractivity contribution is 7.90. The number of nitrogens with one attached hydrogen (secondary N) is 1. The van der Waals surface area contributed by atoms with Gasteiger partial charge in [-0.3, -0.25) is 9.59 Å². The molecular formula is C26H38N4O5S. The highest BCUT2D eigenvalue weighted by Crippen LogP contribution is 2.26. The summed E-state index contributed by atoms with van der Waals surface area (Å²) in [5.74, 6) is -0.148. The number of nitrogens with zero attached hydrogens (tertiary/aromatic N) is 3. The van der Waals surface area contributed by atoms with Crippen LogP contribution < -0.4 is 14.4 Å². The van der Waals surface area contributed by atoms with Gasteiger partial charge in [0, 0.05) is 27.2 Å². The molecule has 0 spiro atoms. The molecule has 36 heavy (non-hydrogen) atoms. The van der Waals surface area contributed by atoms with Crippen molar-refractivity contribution in [2.45, 2.75) is 46.7 Å². The Morgan fingerprint density at radius 2 is 1.75 bits per heavy atom. The molecule has 2 aromatic rings. The first-order valence-corrected chi connectivity index (χ1v) is 13.3. The van der Waals surface area contributed by atoms with E-state index in [-0.39, 0.29) is 12.5 Å². The fourth-order valence-electron chi connectivity index (χ4n) is 3.87. The van der Waals surface area contributed by atoms with Crippen LogP contribution in [-0.4, -0.2) is 69.8 Å². The van der Waals surface area contributed by atoms with E-state index in [4.69, 9.17) is 4.74 Å². The monoisotopic (exact) mass is 518 g/mol. The summed E-state index contributed by atoms with van der Waals surface area (Å²) in [6.07, 6.45) is 0.367. The zero-order valence-corrected chi connectivity index (χ0v) is 23.1. The molecule has 0 aliphatic heterocycles. The second-order valence-corrected chi connectivity index (χ2v) is 10.8. The molecule has 0 radical (unpaired) electrons. The maximum absolute atomic E-state index is 13.9. The van der Waals surface area contributed by atoms with Crippen LogP contribution in [0.2, 0.25) is 0 Å². The maximum Gasteiger partial charge on any atom is 0.304 e. The maximum atomic E-state index is 13.9. The number of likely N-dealkylation sites (N-methyl/N-ethyl adjacent to an activating group) is 1. The molecule has 0 heterocycles. The minimum Gasteiger partial charge on any atom is -0.497 e. The van der Waals surface area contributed by atoms with Crippen molar-refractivity contribution in [2.75, 3.05) is 38.6 Å². The van der Waals surface area contributed by atoms with E-state index in [1.54, 1.807) is 32.2 Å². The number of carbonyl (C=O) groups excluding carboxylic acids is 2. The van der Waals surface area contributed by atoms with Gasteiger partial charge in [0.1, 0.15) is 18.3 Å². The van der Waals surface area contributed by atoms with Crippen molar-refractivity contribution < 1.29 is 22.7 Å². The van der Waals surface area contributed by atoms with Crippen molar-refractivity contribution in [3.05, 3.63) is 59.2 Å². The summed E-state index contributed by atoms with van der Waals surface area (Å²) < 4.78 is 34.2. The highest BCUT2D eigenvalue weighted by Gasteiger charge is 2.34. The minimum atomic E-state index is -4.01. The van der Waals surface area contributed by atoms with E-state index < -0.39 is 28.7 Å². The molecule has 2 amide bonds. The molecule has 1 atom stereocenters.